The molecule has 0 saturated carbocycles. The summed E-state index contributed by atoms with van der Waals surface area (Å²) in [5, 5.41) is 16.9. The number of aliphatic hydroxyl groups is 1. The minimum atomic E-state index is -4.82. The summed E-state index contributed by atoms with van der Waals surface area (Å²) in [6.07, 6.45) is -1.38. The van der Waals surface area contributed by atoms with Gasteiger partial charge in [0.25, 0.3) is 0 Å². The smallest absolute Gasteiger partial charge is 0.419 e. The van der Waals surface area contributed by atoms with E-state index in [9.17, 15) is 22.7 Å². The van der Waals surface area contributed by atoms with E-state index in [-0.39, 0.29) is 18.3 Å². The second-order valence-corrected chi connectivity index (χ2v) is 5.58. The lowest BCUT2D eigenvalue weighted by molar-refractivity contribution is -0.140. The molecule has 0 fully saturated rings. The van der Waals surface area contributed by atoms with Crippen molar-refractivity contribution >= 4 is 0 Å². The zero-order chi connectivity index (χ0) is 19.6. The van der Waals surface area contributed by atoms with Crippen LogP contribution < -0.4 is 4.74 Å². The van der Waals surface area contributed by atoms with Crippen LogP contribution in [0.3, 0.4) is 0 Å². The van der Waals surface area contributed by atoms with Crippen molar-refractivity contribution in [3.63, 3.8) is 0 Å². The highest BCUT2D eigenvalue weighted by Crippen LogP contribution is 2.32. The Balaban J connectivity index is 1.72. The molecule has 3 rings (SSSR count). The van der Waals surface area contributed by atoms with Gasteiger partial charge in [0.1, 0.15) is 18.1 Å². The molecule has 2 aromatic heterocycles. The van der Waals surface area contributed by atoms with Gasteiger partial charge in [0, 0.05) is 18.0 Å². The second kappa shape index (κ2) is 7.27. The van der Waals surface area contributed by atoms with Crippen molar-refractivity contribution in [3.8, 4) is 11.7 Å². The summed E-state index contributed by atoms with van der Waals surface area (Å²) < 4.78 is 58.2. The van der Waals surface area contributed by atoms with E-state index < -0.39 is 23.7 Å². The molecule has 0 bridgehead atoms. The van der Waals surface area contributed by atoms with Gasteiger partial charge in [-0.1, -0.05) is 5.21 Å². The van der Waals surface area contributed by atoms with Gasteiger partial charge in [-0.25, -0.2) is 19.0 Å². The minimum Gasteiger partial charge on any atom is -0.457 e. The monoisotopic (exact) mass is 383 g/mol. The number of hydrogen-bond donors (Lipinski definition) is 1. The van der Waals surface area contributed by atoms with Gasteiger partial charge in [-0.3, -0.25) is 0 Å². The van der Waals surface area contributed by atoms with Crippen LogP contribution in [-0.2, 0) is 12.8 Å². The van der Waals surface area contributed by atoms with Crippen molar-refractivity contribution in [1.82, 2.24) is 25.0 Å². The summed E-state index contributed by atoms with van der Waals surface area (Å²) in [7, 11) is 0. The Morgan fingerprint density at radius 1 is 1.22 bits per heavy atom. The largest absolute Gasteiger partial charge is 0.457 e. The molecule has 0 spiro atoms. The van der Waals surface area contributed by atoms with Crippen LogP contribution in [0.5, 0.6) is 6.01 Å². The van der Waals surface area contributed by atoms with Crippen LogP contribution in [0.25, 0.3) is 5.69 Å². The Kier molecular flexibility index (Phi) is 5.04. The summed E-state index contributed by atoms with van der Waals surface area (Å²) in [4.78, 5) is 7.83. The Hall–Kier alpha value is -3.08. The molecule has 2 heterocycles. The Bertz CT molecular complexity index is 925. The first-order valence-corrected chi connectivity index (χ1v) is 7.65. The average Bonchev–Trinajstić information content (AvgIpc) is 3.08. The fourth-order valence-electron chi connectivity index (χ4n) is 2.12. The first-order chi connectivity index (χ1) is 12.7. The zero-order valence-corrected chi connectivity index (χ0v) is 13.9. The number of rotatable bonds is 5. The molecular formula is C16H13F4N5O2. The van der Waals surface area contributed by atoms with Crippen LogP contribution in [0.15, 0.2) is 36.8 Å². The fourth-order valence-corrected chi connectivity index (χ4v) is 2.12. The van der Waals surface area contributed by atoms with Gasteiger partial charge in [0.15, 0.2) is 0 Å². The van der Waals surface area contributed by atoms with E-state index >= 15 is 0 Å². The van der Waals surface area contributed by atoms with Crippen LogP contribution >= 0.6 is 0 Å². The number of aliphatic hydroxyl groups excluding tert-OH is 1. The van der Waals surface area contributed by atoms with Crippen molar-refractivity contribution in [2.45, 2.75) is 25.8 Å². The fraction of sp³-hybridized carbons (Fsp3) is 0.250. The zero-order valence-electron chi connectivity index (χ0n) is 13.9. The number of nitrogens with zero attached hydrogens (tertiary/aromatic N) is 5. The third-order valence-corrected chi connectivity index (χ3v) is 3.54. The van der Waals surface area contributed by atoms with Gasteiger partial charge >= 0.3 is 12.2 Å². The van der Waals surface area contributed by atoms with Gasteiger partial charge in [-0.2, -0.15) is 13.2 Å². The molecular weight excluding hydrogens is 370 g/mol. The van der Waals surface area contributed by atoms with Crippen LogP contribution in [0.2, 0.25) is 0 Å². The SMILES string of the molecule is C[C@H](O)c1cnc(OCc2cn(-c3ccc(F)c(C(F)(F)F)c3)nn2)nc1. The van der Waals surface area contributed by atoms with Crippen molar-refractivity contribution < 1.29 is 27.4 Å². The molecule has 0 radical (unpaired) electrons. The topological polar surface area (TPSA) is 86.0 Å². The maximum atomic E-state index is 13.4. The lowest BCUT2D eigenvalue weighted by Crippen LogP contribution is -2.09. The first-order valence-electron chi connectivity index (χ1n) is 7.65. The van der Waals surface area contributed by atoms with E-state index in [1.807, 2.05) is 0 Å². The van der Waals surface area contributed by atoms with E-state index in [2.05, 4.69) is 20.3 Å². The van der Waals surface area contributed by atoms with Crippen molar-refractivity contribution in [2.24, 2.45) is 0 Å². The maximum absolute atomic E-state index is 13.4. The molecule has 27 heavy (non-hydrogen) atoms. The normalized spacial score (nSPS) is 12.8. The predicted octanol–water partition coefficient (Wildman–Crippen LogP) is 2.85. The van der Waals surface area contributed by atoms with Crippen molar-refractivity contribution in [2.75, 3.05) is 0 Å². The molecule has 1 aromatic carbocycles. The standard InChI is InChI=1S/C16H13F4N5O2/c1-9(26)10-5-21-15(22-6-10)27-8-11-7-25(24-23-11)12-2-3-14(17)13(4-12)16(18,19)20/h2-7,9,26H,8H2,1H3/t9-/m0/s1. The maximum Gasteiger partial charge on any atom is 0.419 e. The summed E-state index contributed by atoms with van der Waals surface area (Å²) >= 11 is 0. The van der Waals surface area contributed by atoms with Crippen LogP contribution in [0.4, 0.5) is 17.6 Å². The van der Waals surface area contributed by atoms with Gasteiger partial charge in [-0.05, 0) is 25.1 Å². The highest BCUT2D eigenvalue weighted by atomic mass is 19.4. The van der Waals surface area contributed by atoms with Gasteiger partial charge < -0.3 is 9.84 Å². The molecule has 142 valence electrons. The molecule has 0 saturated heterocycles. The Labute approximate surface area is 150 Å². The lowest BCUT2D eigenvalue weighted by atomic mass is 10.2. The Morgan fingerprint density at radius 2 is 1.93 bits per heavy atom. The predicted molar refractivity (Wildman–Crippen MR) is 83.3 cm³/mol. The minimum absolute atomic E-state index is 0.0000105. The number of hydrogen-bond acceptors (Lipinski definition) is 6. The second-order valence-electron chi connectivity index (χ2n) is 5.58. The number of halogens is 4. The van der Waals surface area contributed by atoms with Crippen LogP contribution in [-0.4, -0.2) is 30.1 Å². The van der Waals surface area contributed by atoms with Crippen LogP contribution in [0, 0.1) is 5.82 Å². The average molecular weight is 383 g/mol. The highest BCUT2D eigenvalue weighted by molar-refractivity contribution is 5.37. The summed E-state index contributed by atoms with van der Waals surface area (Å²) in [6, 6.07) is 2.55. The molecule has 7 nitrogen and oxygen atoms in total. The van der Waals surface area contributed by atoms with Gasteiger partial charge in [0.05, 0.1) is 23.6 Å². The molecule has 0 aliphatic rings. The number of aromatic nitrogens is 5. The van der Waals surface area contributed by atoms with Gasteiger partial charge in [-0.15, -0.1) is 5.10 Å². The Morgan fingerprint density at radius 3 is 2.56 bits per heavy atom. The van der Waals surface area contributed by atoms with Crippen molar-refractivity contribution in [3.05, 3.63) is 59.4 Å². The van der Waals surface area contributed by atoms with Gasteiger partial charge in [0.2, 0.25) is 0 Å². The first kappa shape index (κ1) is 18.7. The summed E-state index contributed by atoms with van der Waals surface area (Å²) in [5.74, 6) is -1.37. The van der Waals surface area contributed by atoms with E-state index in [1.54, 1.807) is 6.92 Å². The third kappa shape index (κ3) is 4.37. The van der Waals surface area contributed by atoms with Crippen molar-refractivity contribution in [1.29, 1.82) is 0 Å². The number of benzene rings is 1. The molecule has 3 aromatic rings. The quantitative estimate of drug-likeness (QED) is 0.682. The molecule has 0 amide bonds. The highest BCUT2D eigenvalue weighted by Gasteiger charge is 2.34. The molecule has 0 aliphatic heterocycles. The van der Waals surface area contributed by atoms with E-state index in [1.165, 1.54) is 18.6 Å². The number of ether oxygens (including phenoxy) is 1. The molecule has 0 unspecified atom stereocenters. The summed E-state index contributed by atoms with van der Waals surface area (Å²) in [5.41, 5.74) is -0.568. The molecule has 1 N–H and O–H groups in total. The van der Waals surface area contributed by atoms with Crippen LogP contribution in [0.1, 0.15) is 29.8 Å². The van der Waals surface area contributed by atoms with E-state index in [0.717, 1.165) is 10.7 Å². The van der Waals surface area contributed by atoms with E-state index in [4.69, 9.17) is 4.74 Å². The molecule has 11 heteroatoms. The molecule has 1 atom stereocenters. The summed E-state index contributed by atoms with van der Waals surface area (Å²) in [6.45, 7) is 1.48. The third-order valence-electron chi connectivity index (χ3n) is 3.54. The van der Waals surface area contributed by atoms with E-state index in [0.29, 0.717) is 23.4 Å². The number of alkyl halides is 3. The molecule has 0 aliphatic carbocycles. The lowest BCUT2D eigenvalue weighted by Gasteiger charge is -2.09.